The molecule has 2 heterocycles. The summed E-state index contributed by atoms with van der Waals surface area (Å²) < 4.78 is 1.63. The zero-order valence-electron chi connectivity index (χ0n) is 9.66. The van der Waals surface area contributed by atoms with Crippen LogP contribution in [0.25, 0.3) is 0 Å². The summed E-state index contributed by atoms with van der Waals surface area (Å²) in [6.07, 6.45) is 0. The molecule has 2 nitrogen and oxygen atoms in total. The molecule has 0 saturated carbocycles. The Labute approximate surface area is 124 Å². The molecule has 98 valence electrons. The van der Waals surface area contributed by atoms with E-state index in [0.29, 0.717) is 0 Å². The third kappa shape index (κ3) is 4.23. The summed E-state index contributed by atoms with van der Waals surface area (Å²) in [6.45, 7) is 2.68. The van der Waals surface area contributed by atoms with Crippen LogP contribution in [0.2, 0.25) is 8.67 Å². The lowest BCUT2D eigenvalue weighted by Crippen LogP contribution is -3.09. The van der Waals surface area contributed by atoms with Crippen molar-refractivity contribution in [2.24, 2.45) is 0 Å². The van der Waals surface area contributed by atoms with Gasteiger partial charge in [-0.3, -0.25) is 0 Å². The number of rotatable bonds is 6. The fraction of sp³-hybridized carbons (Fsp3) is 0.333. The Kier molecular flexibility index (Phi) is 5.48. The number of quaternary nitrogens is 1. The highest BCUT2D eigenvalue weighted by molar-refractivity contribution is 7.16. The van der Waals surface area contributed by atoms with Gasteiger partial charge in [0.1, 0.15) is 19.6 Å². The van der Waals surface area contributed by atoms with E-state index in [9.17, 15) is 0 Å². The van der Waals surface area contributed by atoms with Crippen molar-refractivity contribution in [2.45, 2.75) is 13.1 Å². The lowest BCUT2D eigenvalue weighted by Gasteiger charge is -2.16. The summed E-state index contributed by atoms with van der Waals surface area (Å²) in [5.74, 6) is 0. The number of thiophene rings is 2. The minimum Gasteiger partial charge on any atom is -0.391 e. The van der Waals surface area contributed by atoms with Crippen LogP contribution in [0.4, 0.5) is 0 Å². The van der Waals surface area contributed by atoms with Gasteiger partial charge in [0.25, 0.3) is 0 Å². The van der Waals surface area contributed by atoms with E-state index in [0.717, 1.165) is 28.3 Å². The van der Waals surface area contributed by atoms with E-state index < -0.39 is 0 Å². The molecular weight excluding hydrogens is 309 g/mol. The zero-order chi connectivity index (χ0) is 13.0. The second-order valence-electron chi connectivity index (χ2n) is 3.99. The fourth-order valence-electron chi connectivity index (χ4n) is 1.78. The highest BCUT2D eigenvalue weighted by Crippen LogP contribution is 2.22. The average molecular weight is 323 g/mol. The average Bonchev–Trinajstić information content (AvgIpc) is 2.89. The summed E-state index contributed by atoms with van der Waals surface area (Å²) in [5, 5.41) is 9.14. The molecule has 0 radical (unpaired) electrons. The first-order valence-corrected chi connectivity index (χ1v) is 7.99. The molecule has 2 aromatic rings. The molecule has 0 unspecified atom stereocenters. The van der Waals surface area contributed by atoms with Gasteiger partial charge in [0, 0.05) is 0 Å². The minimum atomic E-state index is 0.188. The monoisotopic (exact) mass is 322 g/mol. The van der Waals surface area contributed by atoms with Crippen LogP contribution in [-0.4, -0.2) is 18.3 Å². The van der Waals surface area contributed by atoms with Crippen LogP contribution in [0.5, 0.6) is 0 Å². The molecule has 0 bridgehead atoms. The van der Waals surface area contributed by atoms with E-state index in [1.54, 1.807) is 22.7 Å². The lowest BCUT2D eigenvalue weighted by atomic mass is 10.3. The van der Waals surface area contributed by atoms with Crippen LogP contribution in [0.3, 0.4) is 0 Å². The molecule has 6 heteroatoms. The summed E-state index contributed by atoms with van der Waals surface area (Å²) in [4.78, 5) is 3.80. The number of hydrogen-bond acceptors (Lipinski definition) is 3. The van der Waals surface area contributed by atoms with Crippen LogP contribution in [0.15, 0.2) is 24.3 Å². The van der Waals surface area contributed by atoms with Crippen molar-refractivity contribution in [3.05, 3.63) is 42.7 Å². The number of aliphatic hydroxyl groups is 1. The molecule has 0 atom stereocenters. The van der Waals surface area contributed by atoms with Crippen LogP contribution >= 0.6 is 45.9 Å². The first-order valence-electron chi connectivity index (χ1n) is 5.60. The molecule has 0 spiro atoms. The molecule has 0 aliphatic carbocycles. The Morgan fingerprint density at radius 1 is 0.944 bits per heavy atom. The van der Waals surface area contributed by atoms with E-state index in [1.165, 1.54) is 14.7 Å². The van der Waals surface area contributed by atoms with Crippen molar-refractivity contribution in [1.29, 1.82) is 0 Å². The van der Waals surface area contributed by atoms with E-state index >= 15 is 0 Å². The number of aliphatic hydroxyl groups excluding tert-OH is 1. The Bertz CT molecular complexity index is 455. The van der Waals surface area contributed by atoms with E-state index in [4.69, 9.17) is 28.3 Å². The third-order valence-electron chi connectivity index (χ3n) is 2.57. The van der Waals surface area contributed by atoms with Crippen molar-refractivity contribution >= 4 is 45.9 Å². The Morgan fingerprint density at radius 2 is 1.44 bits per heavy atom. The van der Waals surface area contributed by atoms with Crippen molar-refractivity contribution < 1.29 is 10.0 Å². The van der Waals surface area contributed by atoms with Crippen LogP contribution in [0.1, 0.15) is 9.75 Å². The second-order valence-corrected chi connectivity index (χ2v) is 7.59. The van der Waals surface area contributed by atoms with Gasteiger partial charge in [-0.15, -0.1) is 22.7 Å². The lowest BCUT2D eigenvalue weighted by molar-refractivity contribution is -0.927. The molecule has 18 heavy (non-hydrogen) atoms. The Balaban J connectivity index is 1.99. The predicted octanol–water partition coefficient (Wildman–Crippen LogP) is 2.69. The standard InChI is InChI=1S/C12H13Cl2NOS2/c13-11-3-1-9(17-11)7-15(5-6-16)8-10-2-4-12(14)18-10/h1-4,16H,5-8H2/p+1. The smallest absolute Gasteiger partial charge is 0.113 e. The number of halogens is 2. The molecule has 2 aromatic heterocycles. The first-order chi connectivity index (χ1) is 8.67. The van der Waals surface area contributed by atoms with Gasteiger partial charge in [-0.2, -0.15) is 0 Å². The van der Waals surface area contributed by atoms with Crippen molar-refractivity contribution in [3.8, 4) is 0 Å². The summed E-state index contributed by atoms with van der Waals surface area (Å²) in [5.41, 5.74) is 0. The largest absolute Gasteiger partial charge is 0.391 e. The maximum Gasteiger partial charge on any atom is 0.113 e. The van der Waals surface area contributed by atoms with Crippen LogP contribution in [0, 0.1) is 0 Å². The summed E-state index contributed by atoms with van der Waals surface area (Å²) in [6, 6.07) is 7.93. The highest BCUT2D eigenvalue weighted by atomic mass is 35.5. The quantitative estimate of drug-likeness (QED) is 0.839. The number of nitrogens with one attached hydrogen (secondary N) is 1. The van der Waals surface area contributed by atoms with E-state index in [-0.39, 0.29) is 6.61 Å². The predicted molar refractivity (Wildman–Crippen MR) is 79.0 cm³/mol. The van der Waals surface area contributed by atoms with Crippen molar-refractivity contribution in [2.75, 3.05) is 13.2 Å². The topological polar surface area (TPSA) is 24.7 Å². The molecule has 0 aromatic carbocycles. The van der Waals surface area contributed by atoms with Gasteiger partial charge in [-0.25, -0.2) is 0 Å². The van der Waals surface area contributed by atoms with Crippen molar-refractivity contribution in [3.63, 3.8) is 0 Å². The van der Waals surface area contributed by atoms with Gasteiger partial charge >= 0.3 is 0 Å². The van der Waals surface area contributed by atoms with Gasteiger partial charge < -0.3 is 10.0 Å². The Hall–Kier alpha value is -0.100. The maximum atomic E-state index is 9.14. The first kappa shape index (κ1) is 14.3. The van der Waals surface area contributed by atoms with Gasteiger partial charge in [0.15, 0.2) is 0 Å². The SMILES string of the molecule is OCC[NH+](Cc1ccc(Cl)s1)Cc1ccc(Cl)s1. The van der Waals surface area contributed by atoms with E-state index in [2.05, 4.69) is 0 Å². The summed E-state index contributed by atoms with van der Waals surface area (Å²) >= 11 is 15.1. The van der Waals surface area contributed by atoms with Crippen molar-refractivity contribution in [1.82, 2.24) is 0 Å². The molecule has 0 fully saturated rings. The third-order valence-corrected chi connectivity index (χ3v) is 5.03. The van der Waals surface area contributed by atoms with Gasteiger partial charge in [-0.1, -0.05) is 23.2 Å². The van der Waals surface area contributed by atoms with E-state index in [1.807, 2.05) is 24.3 Å². The zero-order valence-corrected chi connectivity index (χ0v) is 12.8. The molecule has 0 aliphatic heterocycles. The normalized spacial score (nSPS) is 11.3. The summed E-state index contributed by atoms with van der Waals surface area (Å²) in [7, 11) is 0. The van der Waals surface area contributed by atoms with Crippen LogP contribution in [-0.2, 0) is 13.1 Å². The Morgan fingerprint density at radius 3 is 1.78 bits per heavy atom. The maximum absolute atomic E-state index is 9.14. The highest BCUT2D eigenvalue weighted by Gasteiger charge is 2.13. The molecule has 0 aliphatic rings. The van der Waals surface area contributed by atoms with Gasteiger partial charge in [0.05, 0.1) is 25.0 Å². The van der Waals surface area contributed by atoms with Gasteiger partial charge in [0.2, 0.25) is 0 Å². The second kappa shape index (κ2) is 6.89. The molecule has 0 saturated heterocycles. The van der Waals surface area contributed by atoms with Gasteiger partial charge in [-0.05, 0) is 24.3 Å². The fourth-order valence-corrected chi connectivity index (χ4v) is 4.10. The molecule has 2 rings (SSSR count). The minimum absolute atomic E-state index is 0.188. The van der Waals surface area contributed by atoms with Crippen LogP contribution < -0.4 is 4.90 Å². The number of hydrogen-bond donors (Lipinski definition) is 2. The molecule has 2 N–H and O–H groups in total. The molecular formula is C12H14Cl2NOS2+. The molecule has 0 amide bonds.